The van der Waals surface area contributed by atoms with Crippen LogP contribution in [0.5, 0.6) is 5.75 Å². The standard InChI is InChI=1S/C30H40N4O5/c1-7-29(4)18-24(35)34(27(31)33-29)22(15-16-38-6)19-11-10-12-20(17-19)26(36)32-25-21-13-8-9-14-23(21)39-28(2,3)30(25,5)37/h8-14,17,22,25,37H,7,15-16,18H2,1-6H3,(H2,31,33)(H,32,36)/t22?,25?,29-,30?/m1/s1. The average Bonchev–Trinajstić information content (AvgIpc) is 2.88. The smallest absolute Gasteiger partial charge is 0.251 e. The highest BCUT2D eigenvalue weighted by Gasteiger charge is 2.53. The highest BCUT2D eigenvalue weighted by molar-refractivity contribution is 6.00. The van der Waals surface area contributed by atoms with Crippen molar-refractivity contribution in [1.82, 2.24) is 15.5 Å². The van der Waals surface area contributed by atoms with Crippen LogP contribution in [0.4, 0.5) is 0 Å². The fourth-order valence-corrected chi connectivity index (χ4v) is 5.31. The quantitative estimate of drug-likeness (QED) is 0.403. The predicted octanol–water partition coefficient (Wildman–Crippen LogP) is 4.08. The third kappa shape index (κ3) is 5.38. The van der Waals surface area contributed by atoms with E-state index in [4.69, 9.17) is 14.9 Å². The Kier molecular flexibility index (Phi) is 7.78. The van der Waals surface area contributed by atoms with E-state index in [1.807, 2.05) is 44.2 Å². The number of fused-ring (bicyclic) bond motifs is 1. The van der Waals surface area contributed by atoms with Crippen molar-refractivity contribution >= 4 is 17.8 Å². The Labute approximate surface area is 230 Å². The molecule has 1 saturated heterocycles. The van der Waals surface area contributed by atoms with E-state index in [-0.39, 0.29) is 24.2 Å². The Morgan fingerprint density at radius 1 is 1.23 bits per heavy atom. The third-order valence-electron chi connectivity index (χ3n) is 8.34. The lowest BCUT2D eigenvalue weighted by Gasteiger charge is -2.49. The molecule has 4 N–H and O–H groups in total. The topological polar surface area (TPSA) is 124 Å². The van der Waals surface area contributed by atoms with Crippen LogP contribution in [-0.2, 0) is 9.53 Å². The summed E-state index contributed by atoms with van der Waals surface area (Å²) in [6, 6.07) is 13.2. The molecule has 9 nitrogen and oxygen atoms in total. The first-order valence-corrected chi connectivity index (χ1v) is 13.4. The van der Waals surface area contributed by atoms with Gasteiger partial charge in [-0.2, -0.15) is 0 Å². The van der Waals surface area contributed by atoms with E-state index < -0.39 is 28.8 Å². The largest absolute Gasteiger partial charge is 0.484 e. The zero-order valence-corrected chi connectivity index (χ0v) is 23.6. The average molecular weight is 537 g/mol. The number of nitrogens with zero attached hydrogens (tertiary/aromatic N) is 1. The van der Waals surface area contributed by atoms with Crippen LogP contribution in [0.1, 0.15) is 87.4 Å². The molecule has 0 spiro atoms. The maximum Gasteiger partial charge on any atom is 0.251 e. The van der Waals surface area contributed by atoms with Crippen LogP contribution in [0.3, 0.4) is 0 Å². The van der Waals surface area contributed by atoms with E-state index in [9.17, 15) is 14.7 Å². The minimum absolute atomic E-state index is 0.0450. The Morgan fingerprint density at radius 2 is 1.95 bits per heavy atom. The van der Waals surface area contributed by atoms with E-state index in [0.29, 0.717) is 36.3 Å². The molecule has 1 fully saturated rings. The van der Waals surface area contributed by atoms with Gasteiger partial charge in [0.2, 0.25) is 5.91 Å². The number of amides is 2. The van der Waals surface area contributed by atoms with Crippen molar-refractivity contribution in [2.45, 2.75) is 82.7 Å². The molecule has 4 atom stereocenters. The molecular formula is C30H40N4O5. The molecule has 2 aliphatic heterocycles. The third-order valence-corrected chi connectivity index (χ3v) is 8.34. The molecule has 2 aromatic carbocycles. The minimum atomic E-state index is -1.40. The van der Waals surface area contributed by atoms with Crippen LogP contribution >= 0.6 is 0 Å². The SMILES string of the molecule is CC[C@]1(C)CC(=O)N(C(CCOC)c2cccc(C(=O)NC3c4ccccc4OC(C)(C)C3(C)O)c2)C(=N)N1. The number of para-hydroxylation sites is 1. The van der Waals surface area contributed by atoms with Gasteiger partial charge in [0.15, 0.2) is 5.96 Å². The van der Waals surface area contributed by atoms with Gasteiger partial charge in [0.25, 0.3) is 5.91 Å². The monoisotopic (exact) mass is 536 g/mol. The molecule has 0 bridgehead atoms. The zero-order chi connectivity index (χ0) is 28.6. The fourth-order valence-electron chi connectivity index (χ4n) is 5.31. The molecular weight excluding hydrogens is 496 g/mol. The summed E-state index contributed by atoms with van der Waals surface area (Å²) >= 11 is 0. The summed E-state index contributed by atoms with van der Waals surface area (Å²) < 4.78 is 11.4. The van der Waals surface area contributed by atoms with Crippen LogP contribution in [0, 0.1) is 5.41 Å². The van der Waals surface area contributed by atoms with E-state index in [2.05, 4.69) is 10.6 Å². The first-order valence-electron chi connectivity index (χ1n) is 13.4. The van der Waals surface area contributed by atoms with Gasteiger partial charge in [-0.3, -0.25) is 19.9 Å². The summed E-state index contributed by atoms with van der Waals surface area (Å²) in [7, 11) is 1.59. The van der Waals surface area contributed by atoms with Crippen molar-refractivity contribution in [1.29, 1.82) is 5.41 Å². The number of aliphatic hydroxyl groups is 1. The molecule has 0 aliphatic carbocycles. The van der Waals surface area contributed by atoms with E-state index in [1.54, 1.807) is 46.1 Å². The summed E-state index contributed by atoms with van der Waals surface area (Å²) in [5.74, 6) is 0.151. The summed E-state index contributed by atoms with van der Waals surface area (Å²) in [6.07, 6.45) is 1.43. The molecule has 9 heteroatoms. The molecule has 4 rings (SSSR count). The van der Waals surface area contributed by atoms with Crippen molar-refractivity contribution in [2.24, 2.45) is 0 Å². The van der Waals surface area contributed by atoms with Gasteiger partial charge in [0.1, 0.15) is 17.0 Å². The van der Waals surface area contributed by atoms with Gasteiger partial charge in [-0.15, -0.1) is 0 Å². The zero-order valence-electron chi connectivity index (χ0n) is 23.6. The van der Waals surface area contributed by atoms with Crippen LogP contribution in [0.2, 0.25) is 0 Å². The molecule has 39 heavy (non-hydrogen) atoms. The molecule has 3 unspecified atom stereocenters. The molecule has 0 aromatic heterocycles. The van der Waals surface area contributed by atoms with Gasteiger partial charge in [-0.05, 0) is 64.3 Å². The van der Waals surface area contributed by atoms with Gasteiger partial charge < -0.3 is 25.2 Å². The number of rotatable bonds is 8. The summed E-state index contributed by atoms with van der Waals surface area (Å²) in [5.41, 5.74) is -1.02. The lowest BCUT2D eigenvalue weighted by atomic mass is 9.75. The number of hydrogen-bond donors (Lipinski definition) is 4. The Morgan fingerprint density at radius 3 is 2.62 bits per heavy atom. The van der Waals surface area contributed by atoms with Crippen molar-refractivity contribution in [3.05, 3.63) is 65.2 Å². The van der Waals surface area contributed by atoms with Gasteiger partial charge in [-0.25, -0.2) is 0 Å². The van der Waals surface area contributed by atoms with Crippen molar-refractivity contribution in [2.75, 3.05) is 13.7 Å². The van der Waals surface area contributed by atoms with Crippen molar-refractivity contribution in [3.63, 3.8) is 0 Å². The van der Waals surface area contributed by atoms with E-state index in [0.717, 1.165) is 5.56 Å². The van der Waals surface area contributed by atoms with E-state index in [1.165, 1.54) is 4.90 Å². The molecule has 210 valence electrons. The second-order valence-electron chi connectivity index (χ2n) is 11.5. The van der Waals surface area contributed by atoms with Gasteiger partial charge in [0.05, 0.1) is 18.5 Å². The summed E-state index contributed by atoms with van der Waals surface area (Å²) in [5, 5.41) is 26.4. The Bertz CT molecular complexity index is 1240. The number of benzene rings is 2. The number of ether oxygens (including phenoxy) is 2. The first-order chi connectivity index (χ1) is 18.3. The highest BCUT2D eigenvalue weighted by Crippen LogP contribution is 2.46. The van der Waals surface area contributed by atoms with Crippen LogP contribution < -0.4 is 15.4 Å². The second-order valence-corrected chi connectivity index (χ2v) is 11.5. The number of methoxy groups -OCH3 is 1. The van der Waals surface area contributed by atoms with Gasteiger partial charge in [-0.1, -0.05) is 37.3 Å². The number of guanidine groups is 1. The molecule has 2 amide bonds. The molecule has 2 heterocycles. The predicted molar refractivity (Wildman–Crippen MR) is 149 cm³/mol. The lowest BCUT2D eigenvalue weighted by molar-refractivity contribution is -0.137. The normalized spacial score (nSPS) is 26.7. The second kappa shape index (κ2) is 10.6. The van der Waals surface area contributed by atoms with Crippen LogP contribution in [0.15, 0.2) is 48.5 Å². The van der Waals surface area contributed by atoms with Crippen LogP contribution in [-0.4, -0.2) is 58.2 Å². The van der Waals surface area contributed by atoms with Crippen LogP contribution in [0.25, 0.3) is 0 Å². The fraction of sp³-hybridized carbons (Fsp3) is 0.500. The highest BCUT2D eigenvalue weighted by atomic mass is 16.5. The summed E-state index contributed by atoms with van der Waals surface area (Å²) in [4.78, 5) is 28.4. The summed E-state index contributed by atoms with van der Waals surface area (Å²) in [6.45, 7) is 9.56. The van der Waals surface area contributed by atoms with Crippen molar-refractivity contribution < 1.29 is 24.2 Å². The molecule has 2 aromatic rings. The minimum Gasteiger partial charge on any atom is -0.484 e. The maximum atomic E-state index is 13.6. The van der Waals surface area contributed by atoms with Crippen molar-refractivity contribution in [3.8, 4) is 5.75 Å². The van der Waals surface area contributed by atoms with Gasteiger partial charge in [0, 0.05) is 30.4 Å². The lowest BCUT2D eigenvalue weighted by Crippen LogP contribution is -2.62. The molecule has 2 aliphatic rings. The number of nitrogens with one attached hydrogen (secondary N) is 3. The molecule has 0 radical (unpaired) electrons. The first kappa shape index (κ1) is 28.6. The number of carbonyl (C=O) groups is 2. The Balaban J connectivity index is 1.64. The van der Waals surface area contributed by atoms with E-state index >= 15 is 0 Å². The number of hydrogen-bond acceptors (Lipinski definition) is 6. The number of carbonyl (C=O) groups excluding carboxylic acids is 2. The Hall–Kier alpha value is -3.43. The van der Waals surface area contributed by atoms with Gasteiger partial charge >= 0.3 is 0 Å². The maximum absolute atomic E-state index is 13.6. The molecule has 0 saturated carbocycles.